The zero-order chi connectivity index (χ0) is 7.56. The molecule has 1 aliphatic rings. The Kier molecular flexibility index (Phi) is 2.10. The van der Waals surface area contributed by atoms with Crippen LogP contribution in [-0.2, 0) is 9.53 Å². The quantitative estimate of drug-likeness (QED) is 0.429. The van der Waals surface area contributed by atoms with Crippen molar-refractivity contribution in [2.45, 2.75) is 20.3 Å². The third-order valence-corrected chi connectivity index (χ3v) is 1.67. The summed E-state index contributed by atoms with van der Waals surface area (Å²) in [4.78, 5) is 10.9. The average molecular weight is 140 g/mol. The second kappa shape index (κ2) is 2.86. The van der Waals surface area contributed by atoms with E-state index in [4.69, 9.17) is 4.74 Å². The summed E-state index contributed by atoms with van der Waals surface area (Å²) in [5.41, 5.74) is 1.22. The highest BCUT2D eigenvalue weighted by molar-refractivity contribution is 5.80. The average Bonchev–Trinajstić information content (AvgIpc) is 2.66. The summed E-state index contributed by atoms with van der Waals surface area (Å²) >= 11 is 0. The molecule has 0 saturated heterocycles. The predicted octanol–water partition coefficient (Wildman–Crippen LogP) is 1.52. The Balaban J connectivity index is 2.33. The molecule has 0 radical (unpaired) electrons. The van der Waals surface area contributed by atoms with E-state index in [2.05, 4.69) is 0 Å². The second-order valence-electron chi connectivity index (χ2n) is 2.37. The van der Waals surface area contributed by atoms with Crippen LogP contribution in [-0.4, -0.2) is 12.6 Å². The molecule has 2 nitrogen and oxygen atoms in total. The lowest BCUT2D eigenvalue weighted by atomic mass is 10.4. The third kappa shape index (κ3) is 1.38. The Labute approximate surface area is 60.9 Å². The van der Waals surface area contributed by atoms with Crippen molar-refractivity contribution in [3.05, 3.63) is 11.6 Å². The molecular formula is C8H12O2. The fraction of sp³-hybridized carbons (Fsp3) is 0.625. The van der Waals surface area contributed by atoms with Crippen LogP contribution in [0.2, 0.25) is 0 Å². The monoisotopic (exact) mass is 140 g/mol. The van der Waals surface area contributed by atoms with Crippen molar-refractivity contribution >= 4 is 5.97 Å². The lowest BCUT2D eigenvalue weighted by Crippen LogP contribution is -2.05. The van der Waals surface area contributed by atoms with Crippen molar-refractivity contribution in [1.29, 1.82) is 0 Å². The fourth-order valence-corrected chi connectivity index (χ4v) is 0.973. The third-order valence-electron chi connectivity index (χ3n) is 1.67. The van der Waals surface area contributed by atoms with E-state index in [9.17, 15) is 4.79 Å². The van der Waals surface area contributed by atoms with Crippen LogP contribution < -0.4 is 0 Å². The van der Waals surface area contributed by atoms with Gasteiger partial charge in [0, 0.05) is 0 Å². The maximum atomic E-state index is 10.9. The Morgan fingerprint density at radius 1 is 1.90 bits per heavy atom. The van der Waals surface area contributed by atoms with Gasteiger partial charge < -0.3 is 4.74 Å². The van der Waals surface area contributed by atoms with Crippen LogP contribution in [0.25, 0.3) is 0 Å². The van der Waals surface area contributed by atoms with Crippen LogP contribution >= 0.6 is 0 Å². The molecule has 0 amide bonds. The summed E-state index contributed by atoms with van der Waals surface area (Å²) in [6.07, 6.45) is 2.90. The number of esters is 1. The molecule has 1 aliphatic carbocycles. The summed E-state index contributed by atoms with van der Waals surface area (Å²) in [6.45, 7) is 4.27. The molecule has 2 heteroatoms. The SMILES string of the molecule is CC=C1CC1C(=O)OCC. The Bertz CT molecular complexity index is 170. The molecule has 0 N–H and O–H groups in total. The van der Waals surface area contributed by atoms with Crippen molar-refractivity contribution in [2.24, 2.45) is 5.92 Å². The molecule has 0 heterocycles. The number of rotatable bonds is 2. The first-order chi connectivity index (χ1) is 4.79. The highest BCUT2D eigenvalue weighted by Crippen LogP contribution is 2.38. The summed E-state index contributed by atoms with van der Waals surface area (Å²) in [5, 5.41) is 0. The molecule has 0 aromatic carbocycles. The van der Waals surface area contributed by atoms with Crippen LogP contribution in [0.3, 0.4) is 0 Å². The van der Waals surface area contributed by atoms with Crippen LogP contribution in [0.5, 0.6) is 0 Å². The molecule has 0 aromatic heterocycles. The minimum Gasteiger partial charge on any atom is -0.466 e. The van der Waals surface area contributed by atoms with Gasteiger partial charge in [0.1, 0.15) is 0 Å². The standard InChI is InChI=1S/C8H12O2/c1-3-6-5-7(6)8(9)10-4-2/h3,7H,4-5H2,1-2H3. The van der Waals surface area contributed by atoms with E-state index in [1.54, 1.807) is 0 Å². The van der Waals surface area contributed by atoms with Crippen LogP contribution in [0, 0.1) is 5.92 Å². The molecule has 0 aliphatic heterocycles. The number of allylic oxidation sites excluding steroid dienone is 1. The first kappa shape index (κ1) is 7.32. The zero-order valence-corrected chi connectivity index (χ0v) is 6.39. The normalized spacial score (nSPS) is 26.6. The van der Waals surface area contributed by atoms with Crippen LogP contribution in [0.4, 0.5) is 0 Å². The van der Waals surface area contributed by atoms with Gasteiger partial charge in [0.05, 0.1) is 12.5 Å². The molecule has 1 atom stereocenters. The van der Waals surface area contributed by atoms with Gasteiger partial charge in [-0.05, 0) is 20.3 Å². The largest absolute Gasteiger partial charge is 0.466 e. The molecule has 0 spiro atoms. The summed E-state index contributed by atoms with van der Waals surface area (Å²) in [7, 11) is 0. The van der Waals surface area contributed by atoms with Crippen molar-refractivity contribution < 1.29 is 9.53 Å². The van der Waals surface area contributed by atoms with E-state index >= 15 is 0 Å². The summed E-state index contributed by atoms with van der Waals surface area (Å²) in [6, 6.07) is 0. The number of carbonyl (C=O) groups excluding carboxylic acids is 1. The molecule has 56 valence electrons. The van der Waals surface area contributed by atoms with Crippen molar-refractivity contribution in [1.82, 2.24) is 0 Å². The van der Waals surface area contributed by atoms with E-state index in [1.165, 1.54) is 5.57 Å². The van der Waals surface area contributed by atoms with Gasteiger partial charge >= 0.3 is 5.97 Å². The van der Waals surface area contributed by atoms with E-state index in [0.717, 1.165) is 6.42 Å². The lowest BCUT2D eigenvalue weighted by molar-refractivity contribution is -0.144. The van der Waals surface area contributed by atoms with Crippen LogP contribution in [0.1, 0.15) is 20.3 Å². The second-order valence-corrected chi connectivity index (χ2v) is 2.37. The van der Waals surface area contributed by atoms with Gasteiger partial charge in [-0.25, -0.2) is 0 Å². The summed E-state index contributed by atoms with van der Waals surface area (Å²) in [5.74, 6) is 0.0422. The van der Waals surface area contributed by atoms with Gasteiger partial charge in [-0.1, -0.05) is 11.6 Å². The van der Waals surface area contributed by atoms with Crippen LogP contribution in [0.15, 0.2) is 11.6 Å². The van der Waals surface area contributed by atoms with E-state index in [0.29, 0.717) is 6.61 Å². The Morgan fingerprint density at radius 2 is 2.60 bits per heavy atom. The molecule has 0 aromatic rings. The predicted molar refractivity (Wildman–Crippen MR) is 38.5 cm³/mol. The first-order valence-corrected chi connectivity index (χ1v) is 3.61. The molecule has 1 unspecified atom stereocenters. The Hall–Kier alpha value is -0.790. The van der Waals surface area contributed by atoms with Gasteiger partial charge in [0.2, 0.25) is 0 Å². The van der Waals surface area contributed by atoms with E-state index in [-0.39, 0.29) is 11.9 Å². The van der Waals surface area contributed by atoms with Gasteiger partial charge in [-0.2, -0.15) is 0 Å². The number of hydrogen-bond acceptors (Lipinski definition) is 2. The number of hydrogen-bond donors (Lipinski definition) is 0. The lowest BCUT2D eigenvalue weighted by Gasteiger charge is -1.95. The molecule has 0 bridgehead atoms. The van der Waals surface area contributed by atoms with Gasteiger partial charge in [-0.3, -0.25) is 4.79 Å². The molecule has 1 fully saturated rings. The summed E-state index contributed by atoms with van der Waals surface area (Å²) < 4.78 is 4.82. The van der Waals surface area contributed by atoms with Gasteiger partial charge in [0.15, 0.2) is 0 Å². The highest BCUT2D eigenvalue weighted by atomic mass is 16.5. The van der Waals surface area contributed by atoms with E-state index in [1.807, 2.05) is 19.9 Å². The Morgan fingerprint density at radius 3 is 3.00 bits per heavy atom. The maximum absolute atomic E-state index is 10.9. The minimum absolute atomic E-state index is 0.0596. The number of ether oxygens (including phenoxy) is 1. The topological polar surface area (TPSA) is 26.3 Å². The molecular weight excluding hydrogens is 128 g/mol. The van der Waals surface area contributed by atoms with Crippen molar-refractivity contribution in [2.75, 3.05) is 6.61 Å². The zero-order valence-electron chi connectivity index (χ0n) is 6.39. The van der Waals surface area contributed by atoms with Crippen molar-refractivity contribution in [3.8, 4) is 0 Å². The van der Waals surface area contributed by atoms with E-state index < -0.39 is 0 Å². The van der Waals surface area contributed by atoms with Gasteiger partial charge in [0.25, 0.3) is 0 Å². The number of carbonyl (C=O) groups is 1. The fourth-order valence-electron chi connectivity index (χ4n) is 0.973. The highest BCUT2D eigenvalue weighted by Gasteiger charge is 2.36. The molecule has 1 rings (SSSR count). The maximum Gasteiger partial charge on any atom is 0.313 e. The van der Waals surface area contributed by atoms with Crippen molar-refractivity contribution in [3.63, 3.8) is 0 Å². The molecule has 10 heavy (non-hydrogen) atoms. The minimum atomic E-state index is -0.0596. The van der Waals surface area contributed by atoms with Gasteiger partial charge in [-0.15, -0.1) is 0 Å². The molecule has 1 saturated carbocycles. The first-order valence-electron chi connectivity index (χ1n) is 3.61. The smallest absolute Gasteiger partial charge is 0.313 e.